The van der Waals surface area contributed by atoms with Crippen molar-refractivity contribution < 1.29 is 4.79 Å². The zero-order valence-corrected chi connectivity index (χ0v) is 14.9. The Morgan fingerprint density at radius 2 is 1.52 bits per heavy atom. The lowest BCUT2D eigenvalue weighted by molar-refractivity contribution is 0.0657. The minimum absolute atomic E-state index is 0.102. The monoisotopic (exact) mass is 319 g/mol. The lowest BCUT2D eigenvalue weighted by Gasteiger charge is -2.32. The second-order valence-corrected chi connectivity index (χ2v) is 7.09. The summed E-state index contributed by atoms with van der Waals surface area (Å²) in [5.74, 6) is 1.08. The van der Waals surface area contributed by atoms with Crippen LogP contribution in [0.25, 0.3) is 0 Å². The maximum atomic E-state index is 12.9. The molecule has 3 heterocycles. The van der Waals surface area contributed by atoms with Crippen LogP contribution in [0.5, 0.6) is 0 Å². The van der Waals surface area contributed by atoms with Gasteiger partial charge in [0.15, 0.2) is 0 Å². The van der Waals surface area contributed by atoms with Gasteiger partial charge in [0.25, 0.3) is 5.91 Å². The lowest BCUT2D eigenvalue weighted by Crippen LogP contribution is -2.47. The van der Waals surface area contributed by atoms with Gasteiger partial charge in [0.1, 0.15) is 11.5 Å². The summed E-state index contributed by atoms with van der Waals surface area (Å²) in [4.78, 5) is 24.1. The van der Waals surface area contributed by atoms with E-state index in [4.69, 9.17) is 0 Å². The fourth-order valence-electron chi connectivity index (χ4n) is 3.81. The fourth-order valence-corrected chi connectivity index (χ4v) is 3.81. The van der Waals surface area contributed by atoms with E-state index >= 15 is 0 Å². The standard InChI is InChI=1S/C17H29N5O/c1-13-16(17(23)21-11-9-20(4)10-12-21)18-14(2)22(13)15-5-7-19(3)8-6-15/h15H,5-12H2,1-4H3. The molecule has 2 saturated heterocycles. The van der Waals surface area contributed by atoms with E-state index in [9.17, 15) is 4.79 Å². The molecule has 2 fully saturated rings. The highest BCUT2D eigenvalue weighted by Gasteiger charge is 2.28. The molecule has 0 aliphatic carbocycles. The number of piperazine rings is 1. The number of hydrogen-bond donors (Lipinski definition) is 0. The van der Waals surface area contributed by atoms with E-state index in [0.717, 1.165) is 63.6 Å². The van der Waals surface area contributed by atoms with Crippen LogP contribution in [-0.2, 0) is 0 Å². The summed E-state index contributed by atoms with van der Waals surface area (Å²) in [6.07, 6.45) is 2.27. The average Bonchev–Trinajstić information content (AvgIpc) is 2.83. The number of likely N-dealkylation sites (tertiary alicyclic amines) is 1. The van der Waals surface area contributed by atoms with Crippen LogP contribution in [0.2, 0.25) is 0 Å². The van der Waals surface area contributed by atoms with Gasteiger partial charge in [0, 0.05) is 37.9 Å². The molecule has 1 aromatic heterocycles. The van der Waals surface area contributed by atoms with Crippen molar-refractivity contribution in [1.82, 2.24) is 24.3 Å². The molecule has 128 valence electrons. The smallest absolute Gasteiger partial charge is 0.274 e. The maximum Gasteiger partial charge on any atom is 0.274 e. The number of rotatable bonds is 2. The molecule has 1 amide bonds. The second-order valence-electron chi connectivity index (χ2n) is 7.09. The van der Waals surface area contributed by atoms with Crippen LogP contribution in [0.3, 0.4) is 0 Å². The summed E-state index contributed by atoms with van der Waals surface area (Å²) >= 11 is 0. The van der Waals surface area contributed by atoms with Gasteiger partial charge >= 0.3 is 0 Å². The zero-order valence-electron chi connectivity index (χ0n) is 14.9. The molecule has 23 heavy (non-hydrogen) atoms. The molecule has 0 aromatic carbocycles. The Balaban J connectivity index is 1.79. The van der Waals surface area contributed by atoms with Crippen molar-refractivity contribution in [3.63, 3.8) is 0 Å². The van der Waals surface area contributed by atoms with Crippen molar-refractivity contribution in [2.24, 2.45) is 0 Å². The van der Waals surface area contributed by atoms with E-state index in [1.54, 1.807) is 0 Å². The molecule has 2 aliphatic heterocycles. The Hall–Kier alpha value is -1.40. The first-order valence-electron chi connectivity index (χ1n) is 8.69. The van der Waals surface area contributed by atoms with E-state index in [2.05, 4.69) is 40.4 Å². The molecule has 0 saturated carbocycles. The summed E-state index contributed by atoms with van der Waals surface area (Å²) in [6, 6.07) is 0.479. The predicted molar refractivity (Wildman–Crippen MR) is 90.9 cm³/mol. The number of aryl methyl sites for hydroxylation is 1. The molecule has 0 atom stereocenters. The maximum absolute atomic E-state index is 12.9. The summed E-state index contributed by atoms with van der Waals surface area (Å²) in [6.45, 7) is 9.81. The molecule has 0 radical (unpaired) electrons. The van der Waals surface area contributed by atoms with E-state index < -0.39 is 0 Å². The van der Waals surface area contributed by atoms with Crippen LogP contribution >= 0.6 is 0 Å². The molecule has 0 spiro atoms. The third-order valence-electron chi connectivity index (χ3n) is 5.37. The first-order valence-corrected chi connectivity index (χ1v) is 8.69. The van der Waals surface area contributed by atoms with Crippen LogP contribution in [0.15, 0.2) is 0 Å². The van der Waals surface area contributed by atoms with E-state index in [1.807, 2.05) is 11.8 Å². The van der Waals surface area contributed by atoms with Crippen molar-refractivity contribution in [3.05, 3.63) is 17.2 Å². The van der Waals surface area contributed by atoms with Crippen molar-refractivity contribution >= 4 is 5.91 Å². The highest BCUT2D eigenvalue weighted by atomic mass is 16.2. The van der Waals surface area contributed by atoms with Gasteiger partial charge in [-0.05, 0) is 53.9 Å². The number of aromatic nitrogens is 2. The number of likely N-dealkylation sites (N-methyl/N-ethyl adjacent to an activating group) is 1. The van der Waals surface area contributed by atoms with Crippen molar-refractivity contribution in [3.8, 4) is 0 Å². The molecular weight excluding hydrogens is 290 g/mol. The lowest BCUT2D eigenvalue weighted by atomic mass is 10.0. The Labute approximate surface area is 139 Å². The number of piperidine rings is 1. The molecule has 0 unspecified atom stereocenters. The number of hydrogen-bond acceptors (Lipinski definition) is 4. The zero-order chi connectivity index (χ0) is 16.6. The topological polar surface area (TPSA) is 44.6 Å². The average molecular weight is 319 g/mol. The first-order chi connectivity index (χ1) is 11.0. The quantitative estimate of drug-likeness (QED) is 0.820. The molecule has 1 aromatic rings. The highest BCUT2D eigenvalue weighted by molar-refractivity contribution is 5.93. The predicted octanol–water partition coefficient (Wildman–Crippen LogP) is 1.15. The van der Waals surface area contributed by atoms with Crippen molar-refractivity contribution in [1.29, 1.82) is 0 Å². The Kier molecular flexibility index (Phi) is 4.73. The minimum Gasteiger partial charge on any atom is -0.335 e. The van der Waals surface area contributed by atoms with Crippen LogP contribution in [0, 0.1) is 13.8 Å². The van der Waals surface area contributed by atoms with Crippen LogP contribution in [0.1, 0.15) is 40.9 Å². The van der Waals surface area contributed by atoms with Gasteiger partial charge in [-0.25, -0.2) is 4.98 Å². The molecule has 0 N–H and O–H groups in total. The largest absolute Gasteiger partial charge is 0.335 e. The van der Waals surface area contributed by atoms with Gasteiger partial charge < -0.3 is 19.3 Å². The Bertz CT molecular complexity index is 566. The summed E-state index contributed by atoms with van der Waals surface area (Å²) in [5.41, 5.74) is 1.70. The van der Waals surface area contributed by atoms with Crippen molar-refractivity contribution in [2.45, 2.75) is 32.7 Å². The van der Waals surface area contributed by atoms with Gasteiger partial charge in [0.2, 0.25) is 0 Å². The van der Waals surface area contributed by atoms with Gasteiger partial charge in [-0.3, -0.25) is 4.79 Å². The molecule has 3 rings (SSSR count). The number of imidazole rings is 1. The van der Waals surface area contributed by atoms with Crippen molar-refractivity contribution in [2.75, 3.05) is 53.4 Å². The number of carbonyl (C=O) groups excluding carboxylic acids is 1. The van der Waals surface area contributed by atoms with Gasteiger partial charge in [-0.1, -0.05) is 0 Å². The van der Waals surface area contributed by atoms with Gasteiger partial charge in [-0.15, -0.1) is 0 Å². The Morgan fingerprint density at radius 3 is 2.13 bits per heavy atom. The third-order valence-corrected chi connectivity index (χ3v) is 5.37. The Morgan fingerprint density at radius 1 is 0.957 bits per heavy atom. The summed E-state index contributed by atoms with van der Waals surface area (Å²) in [5, 5.41) is 0. The van der Waals surface area contributed by atoms with E-state index in [-0.39, 0.29) is 5.91 Å². The van der Waals surface area contributed by atoms with E-state index in [0.29, 0.717) is 11.7 Å². The van der Waals surface area contributed by atoms with Gasteiger partial charge in [0.05, 0.1) is 0 Å². The molecule has 0 bridgehead atoms. The molecule has 2 aliphatic rings. The highest BCUT2D eigenvalue weighted by Crippen LogP contribution is 2.27. The second kappa shape index (κ2) is 6.61. The van der Waals surface area contributed by atoms with E-state index in [1.165, 1.54) is 0 Å². The third kappa shape index (κ3) is 3.28. The van der Waals surface area contributed by atoms with Gasteiger partial charge in [-0.2, -0.15) is 0 Å². The molecule has 6 heteroatoms. The first kappa shape index (κ1) is 16.5. The van der Waals surface area contributed by atoms with Crippen LogP contribution in [-0.4, -0.2) is 83.5 Å². The normalized spacial score (nSPS) is 21.8. The molecule has 6 nitrogen and oxygen atoms in total. The number of carbonyl (C=O) groups is 1. The van der Waals surface area contributed by atoms with Crippen LogP contribution in [0.4, 0.5) is 0 Å². The summed E-state index contributed by atoms with van der Waals surface area (Å²) < 4.78 is 2.30. The minimum atomic E-state index is 0.102. The number of amides is 1. The fraction of sp³-hybridized carbons (Fsp3) is 0.765. The SMILES string of the molecule is Cc1nc(C(=O)N2CCN(C)CC2)c(C)n1C1CCN(C)CC1. The summed E-state index contributed by atoms with van der Waals surface area (Å²) in [7, 11) is 4.28. The molecular formula is C17H29N5O. The van der Waals surface area contributed by atoms with Crippen LogP contribution < -0.4 is 0 Å². The number of nitrogens with zero attached hydrogens (tertiary/aromatic N) is 5.